The van der Waals surface area contributed by atoms with Gasteiger partial charge in [-0.25, -0.2) is 0 Å². The van der Waals surface area contributed by atoms with Crippen LogP contribution in [-0.2, 0) is 0 Å². The third-order valence-corrected chi connectivity index (χ3v) is 7.81. The summed E-state index contributed by atoms with van der Waals surface area (Å²) in [4.78, 5) is 0. The largest absolute Gasteiger partial charge is 0.456 e. The van der Waals surface area contributed by atoms with Crippen LogP contribution in [0.1, 0.15) is 0 Å². The SMILES string of the molecule is c1ccc2cc(-c3ccc4ccc(-c5ccc(Nc6ccc7oc8ccccc8c7c6)cc5)cc4c3)ccc2c1. The fraction of sp³-hybridized carbons (Fsp3) is 0. The summed E-state index contributed by atoms with van der Waals surface area (Å²) in [5.74, 6) is 0. The van der Waals surface area contributed by atoms with Crippen molar-refractivity contribution in [3.63, 3.8) is 0 Å². The van der Waals surface area contributed by atoms with Crippen molar-refractivity contribution in [3.8, 4) is 22.3 Å². The van der Waals surface area contributed by atoms with Crippen molar-refractivity contribution in [2.75, 3.05) is 5.32 Å². The number of rotatable bonds is 4. The van der Waals surface area contributed by atoms with Gasteiger partial charge in [0.15, 0.2) is 0 Å². The molecule has 0 bridgehead atoms. The smallest absolute Gasteiger partial charge is 0.135 e. The van der Waals surface area contributed by atoms with Crippen LogP contribution in [0.15, 0.2) is 150 Å². The number of furan rings is 1. The molecule has 1 aromatic heterocycles. The first-order valence-electron chi connectivity index (χ1n) is 13.6. The lowest BCUT2D eigenvalue weighted by Gasteiger charge is -2.10. The fourth-order valence-corrected chi connectivity index (χ4v) is 5.69. The van der Waals surface area contributed by atoms with E-state index >= 15 is 0 Å². The molecule has 0 amide bonds. The third kappa shape index (κ3) is 3.98. The zero-order valence-electron chi connectivity index (χ0n) is 21.8. The number of fused-ring (bicyclic) bond motifs is 5. The van der Waals surface area contributed by atoms with Gasteiger partial charge < -0.3 is 9.73 Å². The minimum absolute atomic E-state index is 0.905. The summed E-state index contributed by atoms with van der Waals surface area (Å²) in [6.07, 6.45) is 0. The first kappa shape index (κ1) is 22.6. The maximum Gasteiger partial charge on any atom is 0.135 e. The molecule has 0 spiro atoms. The zero-order valence-corrected chi connectivity index (χ0v) is 21.8. The topological polar surface area (TPSA) is 25.2 Å². The van der Waals surface area contributed by atoms with Gasteiger partial charge in [-0.1, -0.05) is 91.0 Å². The zero-order chi connectivity index (χ0) is 26.5. The van der Waals surface area contributed by atoms with E-state index in [1.54, 1.807) is 0 Å². The Labute approximate surface area is 232 Å². The predicted octanol–water partition coefficient (Wildman–Crippen LogP) is 11.0. The van der Waals surface area contributed by atoms with Gasteiger partial charge in [-0.2, -0.15) is 0 Å². The molecule has 0 saturated carbocycles. The molecule has 0 aliphatic rings. The minimum Gasteiger partial charge on any atom is -0.456 e. The van der Waals surface area contributed by atoms with E-state index in [0.717, 1.165) is 33.3 Å². The van der Waals surface area contributed by atoms with Gasteiger partial charge in [-0.05, 0) is 98.4 Å². The van der Waals surface area contributed by atoms with E-state index in [0.29, 0.717) is 0 Å². The van der Waals surface area contributed by atoms with Crippen LogP contribution in [0.2, 0.25) is 0 Å². The highest BCUT2D eigenvalue weighted by molar-refractivity contribution is 6.06. The molecule has 0 aliphatic heterocycles. The Morgan fingerprint density at radius 3 is 1.68 bits per heavy atom. The molecule has 8 aromatic rings. The van der Waals surface area contributed by atoms with Crippen molar-refractivity contribution in [3.05, 3.63) is 146 Å². The van der Waals surface area contributed by atoms with Gasteiger partial charge in [-0.15, -0.1) is 0 Å². The van der Waals surface area contributed by atoms with Crippen molar-refractivity contribution in [1.29, 1.82) is 0 Å². The highest BCUT2D eigenvalue weighted by atomic mass is 16.3. The number of hydrogen-bond donors (Lipinski definition) is 1. The summed E-state index contributed by atoms with van der Waals surface area (Å²) in [5.41, 5.74) is 8.79. The number of benzene rings is 7. The molecule has 1 heterocycles. The summed E-state index contributed by atoms with van der Waals surface area (Å²) in [7, 11) is 0. The Morgan fingerprint density at radius 2 is 0.900 bits per heavy atom. The number of para-hydroxylation sites is 1. The summed E-state index contributed by atoms with van der Waals surface area (Å²) in [5, 5.41) is 10.8. The molecule has 1 N–H and O–H groups in total. The Kier molecular flexibility index (Phi) is 5.17. The van der Waals surface area contributed by atoms with Gasteiger partial charge in [0, 0.05) is 22.1 Å². The van der Waals surface area contributed by atoms with Crippen LogP contribution >= 0.6 is 0 Å². The van der Waals surface area contributed by atoms with E-state index in [1.165, 1.54) is 43.8 Å². The first-order valence-corrected chi connectivity index (χ1v) is 13.6. The molecule has 0 aliphatic carbocycles. The summed E-state index contributed by atoms with van der Waals surface area (Å²) < 4.78 is 5.97. The molecule has 2 heteroatoms. The van der Waals surface area contributed by atoms with Gasteiger partial charge in [-0.3, -0.25) is 0 Å². The van der Waals surface area contributed by atoms with Crippen LogP contribution < -0.4 is 5.32 Å². The Morgan fingerprint density at radius 1 is 0.350 bits per heavy atom. The minimum atomic E-state index is 0.905. The molecule has 0 fully saturated rings. The van der Waals surface area contributed by atoms with Crippen molar-refractivity contribution < 1.29 is 4.42 Å². The van der Waals surface area contributed by atoms with E-state index in [9.17, 15) is 0 Å². The van der Waals surface area contributed by atoms with Crippen molar-refractivity contribution in [2.45, 2.75) is 0 Å². The summed E-state index contributed by atoms with van der Waals surface area (Å²) in [6.45, 7) is 0. The Balaban J connectivity index is 1.08. The Hall–Kier alpha value is -5.34. The van der Waals surface area contributed by atoms with Crippen LogP contribution in [-0.4, -0.2) is 0 Å². The average Bonchev–Trinajstić information content (AvgIpc) is 3.39. The molecule has 0 atom stereocenters. The average molecular weight is 512 g/mol. The molecule has 40 heavy (non-hydrogen) atoms. The van der Waals surface area contributed by atoms with Crippen LogP contribution in [0, 0.1) is 0 Å². The van der Waals surface area contributed by atoms with Gasteiger partial charge in [0.1, 0.15) is 11.2 Å². The van der Waals surface area contributed by atoms with Gasteiger partial charge in [0.05, 0.1) is 0 Å². The van der Waals surface area contributed by atoms with Gasteiger partial charge >= 0.3 is 0 Å². The monoisotopic (exact) mass is 511 g/mol. The van der Waals surface area contributed by atoms with E-state index in [2.05, 4.69) is 127 Å². The van der Waals surface area contributed by atoms with Gasteiger partial charge in [0.25, 0.3) is 0 Å². The number of anilines is 2. The van der Waals surface area contributed by atoms with Crippen molar-refractivity contribution >= 4 is 54.9 Å². The Bertz CT molecular complexity index is 2190. The van der Waals surface area contributed by atoms with Crippen LogP contribution in [0.25, 0.3) is 65.7 Å². The third-order valence-electron chi connectivity index (χ3n) is 7.81. The molecule has 7 aromatic carbocycles. The van der Waals surface area contributed by atoms with E-state index < -0.39 is 0 Å². The maximum absolute atomic E-state index is 5.97. The molecule has 2 nitrogen and oxygen atoms in total. The van der Waals surface area contributed by atoms with Crippen molar-refractivity contribution in [1.82, 2.24) is 0 Å². The van der Waals surface area contributed by atoms with Crippen LogP contribution in [0.5, 0.6) is 0 Å². The van der Waals surface area contributed by atoms with Crippen LogP contribution in [0.3, 0.4) is 0 Å². The van der Waals surface area contributed by atoms with E-state index in [4.69, 9.17) is 4.42 Å². The lowest BCUT2D eigenvalue weighted by Crippen LogP contribution is -1.90. The molecule has 0 radical (unpaired) electrons. The highest BCUT2D eigenvalue weighted by Crippen LogP contribution is 2.33. The lowest BCUT2D eigenvalue weighted by molar-refractivity contribution is 0.669. The number of hydrogen-bond acceptors (Lipinski definition) is 2. The second kappa shape index (κ2) is 9.14. The molecular weight excluding hydrogens is 486 g/mol. The summed E-state index contributed by atoms with van der Waals surface area (Å²) >= 11 is 0. The van der Waals surface area contributed by atoms with Crippen molar-refractivity contribution in [2.24, 2.45) is 0 Å². The van der Waals surface area contributed by atoms with E-state index in [-0.39, 0.29) is 0 Å². The normalized spacial score (nSPS) is 11.5. The quantitative estimate of drug-likeness (QED) is 0.254. The fourth-order valence-electron chi connectivity index (χ4n) is 5.69. The molecule has 0 unspecified atom stereocenters. The first-order chi connectivity index (χ1) is 19.8. The lowest BCUT2D eigenvalue weighted by atomic mass is 9.96. The molecule has 188 valence electrons. The predicted molar refractivity (Wildman–Crippen MR) is 169 cm³/mol. The number of nitrogens with one attached hydrogen (secondary N) is 1. The maximum atomic E-state index is 5.97. The standard InChI is InChI=1S/C38H25NO/c1-2-6-28-21-30(13-9-25(28)5-1)31-14-11-27-10-12-29(22-32(27)23-31)26-15-17-33(18-16-26)39-34-19-20-38-36(24-34)35-7-3-4-8-37(35)40-38/h1-24,39H. The second-order valence-electron chi connectivity index (χ2n) is 10.4. The van der Waals surface area contributed by atoms with E-state index in [1.807, 2.05) is 24.3 Å². The van der Waals surface area contributed by atoms with Crippen LogP contribution in [0.4, 0.5) is 11.4 Å². The molecule has 8 rings (SSSR count). The highest BCUT2D eigenvalue weighted by Gasteiger charge is 2.08. The summed E-state index contributed by atoms with van der Waals surface area (Å²) in [6, 6.07) is 51.7. The molecule has 0 saturated heterocycles. The van der Waals surface area contributed by atoms with Gasteiger partial charge in [0.2, 0.25) is 0 Å². The second-order valence-corrected chi connectivity index (χ2v) is 10.4. The molecular formula is C38H25NO.